The van der Waals surface area contributed by atoms with Crippen LogP contribution in [-0.4, -0.2) is 26.5 Å². The zero-order valence-electron chi connectivity index (χ0n) is 20.6. The van der Waals surface area contributed by atoms with Crippen LogP contribution in [-0.2, 0) is 24.9 Å². The van der Waals surface area contributed by atoms with Gasteiger partial charge in [-0.1, -0.05) is 11.2 Å². The van der Waals surface area contributed by atoms with Gasteiger partial charge in [-0.15, -0.1) is 0 Å². The van der Waals surface area contributed by atoms with Gasteiger partial charge in [-0.25, -0.2) is 0 Å². The Bertz CT molecular complexity index is 1170. The summed E-state index contributed by atoms with van der Waals surface area (Å²) in [6, 6.07) is 8.01. The molecule has 0 bridgehead atoms. The molecule has 33 heavy (non-hydrogen) atoms. The van der Waals surface area contributed by atoms with Crippen molar-refractivity contribution in [3.8, 4) is 23.0 Å². The van der Waals surface area contributed by atoms with Gasteiger partial charge in [0.25, 0.3) is 0 Å². The standard InChI is InChI=1S/C27H33NO5/c1-16-17(2)26-21(18(3)25(16)31-7)12-13-27(4,32-26)24-15-20(28-33-24)10-8-19-9-11-22(29-5)23(14-19)30-6/h9,11,14-15H,8,10,12-13H2,1-7H3. The van der Waals surface area contributed by atoms with E-state index in [0.717, 1.165) is 82.4 Å². The van der Waals surface area contributed by atoms with E-state index in [0.29, 0.717) is 0 Å². The maximum atomic E-state index is 6.61. The first-order valence-electron chi connectivity index (χ1n) is 11.3. The van der Waals surface area contributed by atoms with Crippen molar-refractivity contribution < 1.29 is 23.5 Å². The summed E-state index contributed by atoms with van der Waals surface area (Å²) in [5, 5.41) is 4.34. The monoisotopic (exact) mass is 451 g/mol. The van der Waals surface area contributed by atoms with Crippen molar-refractivity contribution >= 4 is 0 Å². The van der Waals surface area contributed by atoms with Gasteiger partial charge in [-0.3, -0.25) is 0 Å². The summed E-state index contributed by atoms with van der Waals surface area (Å²) in [5.74, 6) is 4.13. The lowest BCUT2D eigenvalue weighted by atomic mass is 9.86. The molecule has 0 aliphatic carbocycles. The Morgan fingerprint density at radius 3 is 2.36 bits per heavy atom. The fourth-order valence-electron chi connectivity index (χ4n) is 4.70. The van der Waals surface area contributed by atoms with Crippen LogP contribution in [0.1, 0.15) is 52.6 Å². The SMILES string of the molecule is COc1ccc(CCc2cc(C3(C)CCc4c(C)c(OC)c(C)c(C)c4O3)on2)cc1OC. The van der Waals surface area contributed by atoms with Crippen LogP contribution in [0.15, 0.2) is 28.8 Å². The first-order chi connectivity index (χ1) is 15.8. The highest BCUT2D eigenvalue weighted by Gasteiger charge is 2.39. The van der Waals surface area contributed by atoms with E-state index in [2.05, 4.69) is 32.9 Å². The summed E-state index contributed by atoms with van der Waals surface area (Å²) in [7, 11) is 5.02. The average Bonchev–Trinajstić information content (AvgIpc) is 3.31. The largest absolute Gasteiger partial charge is 0.496 e. The lowest BCUT2D eigenvalue weighted by molar-refractivity contribution is 0.0330. The average molecular weight is 452 g/mol. The van der Waals surface area contributed by atoms with Crippen LogP contribution in [0.25, 0.3) is 0 Å². The fourth-order valence-corrected chi connectivity index (χ4v) is 4.70. The molecule has 1 atom stereocenters. The Labute approximate surface area is 195 Å². The van der Waals surface area contributed by atoms with Crippen LogP contribution in [0.5, 0.6) is 23.0 Å². The van der Waals surface area contributed by atoms with Crippen molar-refractivity contribution in [2.24, 2.45) is 0 Å². The number of hydrogen-bond donors (Lipinski definition) is 0. The van der Waals surface area contributed by atoms with Crippen LogP contribution >= 0.6 is 0 Å². The van der Waals surface area contributed by atoms with Gasteiger partial charge < -0.3 is 23.5 Å². The van der Waals surface area contributed by atoms with E-state index in [1.54, 1.807) is 21.3 Å². The third kappa shape index (κ3) is 4.14. The summed E-state index contributed by atoms with van der Waals surface area (Å²) >= 11 is 0. The first kappa shape index (κ1) is 23.0. The molecular weight excluding hydrogens is 418 g/mol. The fraction of sp³-hybridized carbons (Fsp3) is 0.444. The highest BCUT2D eigenvalue weighted by Crippen LogP contribution is 2.46. The molecule has 2 aromatic carbocycles. The quantitative estimate of drug-likeness (QED) is 0.462. The van der Waals surface area contributed by atoms with E-state index >= 15 is 0 Å². The third-order valence-corrected chi connectivity index (χ3v) is 6.89. The van der Waals surface area contributed by atoms with Gasteiger partial charge in [0, 0.05) is 11.6 Å². The summed E-state index contributed by atoms with van der Waals surface area (Å²) in [6.07, 6.45) is 3.30. The van der Waals surface area contributed by atoms with Crippen molar-refractivity contribution in [3.63, 3.8) is 0 Å². The summed E-state index contributed by atoms with van der Waals surface area (Å²) in [5.41, 5.74) is 6.12. The normalized spacial score (nSPS) is 17.3. The van der Waals surface area contributed by atoms with Gasteiger partial charge in [0.15, 0.2) is 22.9 Å². The van der Waals surface area contributed by atoms with Crippen LogP contribution in [0, 0.1) is 20.8 Å². The van der Waals surface area contributed by atoms with Crippen molar-refractivity contribution in [2.45, 2.75) is 59.0 Å². The van der Waals surface area contributed by atoms with Crippen molar-refractivity contribution in [3.05, 3.63) is 63.5 Å². The molecule has 0 saturated carbocycles. The number of aromatic nitrogens is 1. The van der Waals surface area contributed by atoms with Gasteiger partial charge in [-0.05, 0) is 87.8 Å². The summed E-state index contributed by atoms with van der Waals surface area (Å²) in [4.78, 5) is 0. The molecule has 4 rings (SSSR count). The molecule has 0 saturated heterocycles. The highest BCUT2D eigenvalue weighted by molar-refractivity contribution is 5.59. The van der Waals surface area contributed by atoms with Gasteiger partial charge in [0.2, 0.25) is 0 Å². The van der Waals surface area contributed by atoms with E-state index in [-0.39, 0.29) is 0 Å². The van der Waals surface area contributed by atoms with Crippen LogP contribution in [0.3, 0.4) is 0 Å². The lowest BCUT2D eigenvalue weighted by Gasteiger charge is -2.36. The molecule has 6 nitrogen and oxygen atoms in total. The second-order valence-corrected chi connectivity index (χ2v) is 8.92. The van der Waals surface area contributed by atoms with Crippen LogP contribution in [0.2, 0.25) is 0 Å². The zero-order chi connectivity index (χ0) is 23.8. The van der Waals surface area contributed by atoms with Gasteiger partial charge in [0.05, 0.1) is 27.0 Å². The van der Waals surface area contributed by atoms with Gasteiger partial charge in [0.1, 0.15) is 11.5 Å². The zero-order valence-corrected chi connectivity index (χ0v) is 20.6. The molecule has 0 N–H and O–H groups in total. The molecule has 1 unspecified atom stereocenters. The third-order valence-electron chi connectivity index (χ3n) is 6.89. The molecule has 0 fully saturated rings. The molecule has 0 radical (unpaired) electrons. The molecule has 3 aromatic rings. The number of ether oxygens (including phenoxy) is 4. The number of fused-ring (bicyclic) bond motifs is 1. The van der Waals surface area contributed by atoms with E-state index in [1.165, 1.54) is 5.56 Å². The second kappa shape index (κ2) is 9.00. The molecule has 1 aromatic heterocycles. The number of benzene rings is 2. The highest BCUT2D eigenvalue weighted by atomic mass is 16.5. The molecule has 176 valence electrons. The Balaban J connectivity index is 1.52. The minimum Gasteiger partial charge on any atom is -0.496 e. The van der Waals surface area contributed by atoms with E-state index in [4.69, 9.17) is 23.5 Å². The smallest absolute Gasteiger partial charge is 0.180 e. The predicted octanol–water partition coefficient (Wildman–Crippen LogP) is 5.65. The lowest BCUT2D eigenvalue weighted by Crippen LogP contribution is -2.34. The van der Waals surface area contributed by atoms with E-state index < -0.39 is 5.60 Å². The molecule has 1 aliphatic heterocycles. The maximum Gasteiger partial charge on any atom is 0.180 e. The number of hydrogen-bond acceptors (Lipinski definition) is 6. The first-order valence-corrected chi connectivity index (χ1v) is 11.3. The van der Waals surface area contributed by atoms with Crippen molar-refractivity contribution in [1.29, 1.82) is 0 Å². The molecule has 1 aliphatic rings. The number of methoxy groups -OCH3 is 3. The van der Waals surface area contributed by atoms with Crippen LogP contribution in [0.4, 0.5) is 0 Å². The van der Waals surface area contributed by atoms with Crippen molar-refractivity contribution in [1.82, 2.24) is 5.16 Å². The topological polar surface area (TPSA) is 63.0 Å². The Hall–Kier alpha value is -3.15. The number of rotatable bonds is 7. The Morgan fingerprint density at radius 1 is 0.909 bits per heavy atom. The number of nitrogens with zero attached hydrogens (tertiary/aromatic N) is 1. The van der Waals surface area contributed by atoms with Crippen LogP contribution < -0.4 is 18.9 Å². The molecule has 0 amide bonds. The molecule has 0 spiro atoms. The molecule has 2 heterocycles. The summed E-state index contributed by atoms with van der Waals surface area (Å²) in [6.45, 7) is 8.37. The van der Waals surface area contributed by atoms with Crippen molar-refractivity contribution in [2.75, 3.05) is 21.3 Å². The summed E-state index contributed by atoms with van der Waals surface area (Å²) < 4.78 is 28.8. The Morgan fingerprint density at radius 2 is 1.67 bits per heavy atom. The molecule has 6 heteroatoms. The minimum absolute atomic E-state index is 0.556. The second-order valence-electron chi connectivity index (χ2n) is 8.92. The minimum atomic E-state index is -0.556. The molecular formula is C27H33NO5. The van der Waals surface area contributed by atoms with Gasteiger partial charge >= 0.3 is 0 Å². The Kier molecular flexibility index (Phi) is 6.28. The van der Waals surface area contributed by atoms with Gasteiger partial charge in [-0.2, -0.15) is 0 Å². The predicted molar refractivity (Wildman–Crippen MR) is 127 cm³/mol. The van der Waals surface area contributed by atoms with E-state index in [9.17, 15) is 0 Å². The van der Waals surface area contributed by atoms with E-state index in [1.807, 2.05) is 24.3 Å². The maximum absolute atomic E-state index is 6.61. The number of aryl methyl sites for hydroxylation is 2.